The summed E-state index contributed by atoms with van der Waals surface area (Å²) in [6.07, 6.45) is 3.46. The lowest BCUT2D eigenvalue weighted by molar-refractivity contribution is -0.384. The van der Waals surface area contributed by atoms with Crippen molar-refractivity contribution in [3.63, 3.8) is 0 Å². The van der Waals surface area contributed by atoms with E-state index in [-0.39, 0.29) is 11.5 Å². The Morgan fingerprint density at radius 1 is 1.09 bits per heavy atom. The van der Waals surface area contributed by atoms with Gasteiger partial charge in [0, 0.05) is 36.0 Å². The zero-order valence-corrected chi connectivity index (χ0v) is 17.7. The molecule has 0 saturated heterocycles. The fourth-order valence-electron chi connectivity index (χ4n) is 2.91. The maximum Gasteiger partial charge on any atom is 0.316 e. The summed E-state index contributed by atoms with van der Waals surface area (Å²) in [4.78, 5) is 23.6. The van der Waals surface area contributed by atoms with E-state index in [0.717, 1.165) is 11.3 Å². The van der Waals surface area contributed by atoms with Crippen LogP contribution in [0.15, 0.2) is 83.0 Å². The van der Waals surface area contributed by atoms with Gasteiger partial charge in [-0.1, -0.05) is 23.9 Å². The standard InChI is InChI=1S/C21H18N6O4S/c1-31-18-6-4-5-15(13-18)14-32-21-24-23-19(20(28)26(21)25-11-2-3-12-25)22-16-7-9-17(10-8-16)27(29)30/h2-13H,14H2,1H3,(H,22,23). The van der Waals surface area contributed by atoms with Gasteiger partial charge in [0.25, 0.3) is 5.69 Å². The van der Waals surface area contributed by atoms with Crippen molar-refractivity contribution < 1.29 is 9.66 Å². The van der Waals surface area contributed by atoms with Gasteiger partial charge in [-0.3, -0.25) is 19.6 Å². The Hall–Kier alpha value is -4.12. The number of benzene rings is 2. The average Bonchev–Trinajstić information content (AvgIpc) is 3.34. The van der Waals surface area contributed by atoms with E-state index in [1.54, 1.807) is 36.3 Å². The highest BCUT2D eigenvalue weighted by molar-refractivity contribution is 7.98. The number of methoxy groups -OCH3 is 1. The topological polar surface area (TPSA) is 117 Å². The van der Waals surface area contributed by atoms with E-state index in [1.165, 1.54) is 40.7 Å². The first-order valence-electron chi connectivity index (χ1n) is 9.46. The van der Waals surface area contributed by atoms with Crippen molar-refractivity contribution in [2.75, 3.05) is 12.4 Å². The van der Waals surface area contributed by atoms with Crippen LogP contribution in [0.2, 0.25) is 0 Å². The monoisotopic (exact) mass is 450 g/mol. The van der Waals surface area contributed by atoms with E-state index in [2.05, 4.69) is 15.5 Å². The number of nitrogens with zero attached hydrogens (tertiary/aromatic N) is 5. The third-order valence-corrected chi connectivity index (χ3v) is 5.46. The highest BCUT2D eigenvalue weighted by atomic mass is 32.2. The molecule has 0 fully saturated rings. The number of ether oxygens (including phenoxy) is 1. The number of hydrogen-bond donors (Lipinski definition) is 1. The predicted molar refractivity (Wildman–Crippen MR) is 120 cm³/mol. The molecule has 32 heavy (non-hydrogen) atoms. The zero-order chi connectivity index (χ0) is 22.5. The zero-order valence-electron chi connectivity index (χ0n) is 16.9. The van der Waals surface area contributed by atoms with Gasteiger partial charge < -0.3 is 10.1 Å². The molecule has 0 spiro atoms. The van der Waals surface area contributed by atoms with Crippen LogP contribution in [0.5, 0.6) is 5.75 Å². The average molecular weight is 450 g/mol. The number of nitro benzene ring substituents is 1. The summed E-state index contributed by atoms with van der Waals surface area (Å²) >= 11 is 1.36. The fraction of sp³-hybridized carbons (Fsp3) is 0.0952. The van der Waals surface area contributed by atoms with Gasteiger partial charge in [0.1, 0.15) is 5.75 Å². The molecule has 10 nitrogen and oxygen atoms in total. The van der Waals surface area contributed by atoms with Crippen LogP contribution in [0, 0.1) is 10.1 Å². The molecule has 4 rings (SSSR count). The highest BCUT2D eigenvalue weighted by Gasteiger charge is 2.15. The maximum atomic E-state index is 13.2. The maximum absolute atomic E-state index is 13.2. The Morgan fingerprint density at radius 3 is 2.53 bits per heavy atom. The molecule has 0 atom stereocenters. The van der Waals surface area contributed by atoms with Crippen molar-refractivity contribution in [1.29, 1.82) is 0 Å². The number of nitro groups is 1. The molecule has 0 aliphatic rings. The Bertz CT molecular complexity index is 1290. The lowest BCUT2D eigenvalue weighted by Gasteiger charge is -2.14. The molecule has 0 amide bonds. The van der Waals surface area contributed by atoms with Gasteiger partial charge in [-0.25, -0.2) is 0 Å². The molecule has 2 heterocycles. The van der Waals surface area contributed by atoms with Crippen LogP contribution in [-0.2, 0) is 5.75 Å². The molecule has 0 aliphatic carbocycles. The van der Waals surface area contributed by atoms with E-state index >= 15 is 0 Å². The molecule has 0 bridgehead atoms. The minimum absolute atomic E-state index is 0.00159. The Kier molecular flexibility index (Phi) is 6.17. The first-order valence-corrected chi connectivity index (χ1v) is 10.4. The van der Waals surface area contributed by atoms with E-state index in [4.69, 9.17) is 4.74 Å². The molecule has 2 aromatic heterocycles. The Morgan fingerprint density at radius 2 is 1.84 bits per heavy atom. The number of thioether (sulfide) groups is 1. The van der Waals surface area contributed by atoms with Crippen LogP contribution < -0.4 is 15.6 Å². The summed E-state index contributed by atoms with van der Waals surface area (Å²) in [5.74, 6) is 1.31. The number of rotatable bonds is 8. The lowest BCUT2D eigenvalue weighted by Crippen LogP contribution is -2.30. The summed E-state index contributed by atoms with van der Waals surface area (Å²) in [7, 11) is 1.61. The van der Waals surface area contributed by atoms with Crippen molar-refractivity contribution in [2.24, 2.45) is 0 Å². The quantitative estimate of drug-likeness (QED) is 0.245. The smallest absolute Gasteiger partial charge is 0.316 e. The second-order valence-corrected chi connectivity index (χ2v) is 7.52. The molecule has 0 saturated carbocycles. The predicted octanol–water partition coefficient (Wildman–Crippen LogP) is 3.70. The summed E-state index contributed by atoms with van der Waals surface area (Å²) < 4.78 is 8.28. The van der Waals surface area contributed by atoms with Gasteiger partial charge in [0.15, 0.2) is 0 Å². The van der Waals surface area contributed by atoms with Crippen molar-refractivity contribution in [3.05, 3.63) is 99.1 Å². The van der Waals surface area contributed by atoms with Crippen LogP contribution in [0.3, 0.4) is 0 Å². The number of hydrogen-bond acceptors (Lipinski definition) is 8. The normalized spacial score (nSPS) is 10.7. The first-order chi connectivity index (χ1) is 15.5. The Labute approximate surface area is 186 Å². The number of non-ortho nitro benzene ring substituents is 1. The van der Waals surface area contributed by atoms with Gasteiger partial charge in [0.05, 0.1) is 12.0 Å². The van der Waals surface area contributed by atoms with Gasteiger partial charge in [-0.15, -0.1) is 10.2 Å². The second kappa shape index (κ2) is 9.35. The first kappa shape index (κ1) is 21.1. The van der Waals surface area contributed by atoms with Gasteiger partial charge >= 0.3 is 5.56 Å². The molecule has 162 valence electrons. The van der Waals surface area contributed by atoms with E-state index in [9.17, 15) is 14.9 Å². The summed E-state index contributed by atoms with van der Waals surface area (Å²) in [5, 5.41) is 22.4. The summed E-state index contributed by atoms with van der Waals surface area (Å²) in [5.41, 5.74) is 1.03. The number of nitrogens with one attached hydrogen (secondary N) is 1. The van der Waals surface area contributed by atoms with Crippen LogP contribution in [0.1, 0.15) is 5.56 Å². The lowest BCUT2D eigenvalue weighted by atomic mass is 10.2. The fourth-order valence-corrected chi connectivity index (χ4v) is 3.78. The Balaban J connectivity index is 1.63. The van der Waals surface area contributed by atoms with Crippen LogP contribution in [0.25, 0.3) is 0 Å². The SMILES string of the molecule is COc1cccc(CSc2nnc(Nc3ccc([N+](=O)[O-])cc3)c(=O)n2-n2cccc2)c1. The minimum atomic E-state index is -0.489. The molecule has 0 unspecified atom stereocenters. The molecule has 11 heteroatoms. The van der Waals surface area contributed by atoms with Crippen molar-refractivity contribution in [1.82, 2.24) is 19.5 Å². The van der Waals surface area contributed by atoms with E-state index in [1.807, 2.05) is 24.3 Å². The van der Waals surface area contributed by atoms with Crippen molar-refractivity contribution in [3.8, 4) is 5.75 Å². The van der Waals surface area contributed by atoms with E-state index in [0.29, 0.717) is 16.6 Å². The summed E-state index contributed by atoms with van der Waals surface area (Å²) in [6.45, 7) is 0. The molecular formula is C21H18N6O4S. The summed E-state index contributed by atoms with van der Waals surface area (Å²) in [6, 6.07) is 16.9. The van der Waals surface area contributed by atoms with Gasteiger partial charge in [-0.05, 0) is 42.0 Å². The van der Waals surface area contributed by atoms with E-state index < -0.39 is 10.5 Å². The third kappa shape index (κ3) is 4.62. The van der Waals surface area contributed by atoms with Crippen molar-refractivity contribution in [2.45, 2.75) is 10.9 Å². The second-order valence-electron chi connectivity index (χ2n) is 6.58. The third-order valence-electron chi connectivity index (χ3n) is 4.47. The minimum Gasteiger partial charge on any atom is -0.497 e. The number of anilines is 2. The molecule has 0 radical (unpaired) electrons. The van der Waals surface area contributed by atoms with Crippen LogP contribution >= 0.6 is 11.8 Å². The van der Waals surface area contributed by atoms with Gasteiger partial charge in [0.2, 0.25) is 11.0 Å². The van der Waals surface area contributed by atoms with Crippen LogP contribution in [0.4, 0.5) is 17.2 Å². The number of aromatic nitrogens is 4. The molecular weight excluding hydrogens is 432 g/mol. The van der Waals surface area contributed by atoms with Crippen molar-refractivity contribution >= 4 is 29.0 Å². The van der Waals surface area contributed by atoms with Gasteiger partial charge in [-0.2, -0.15) is 4.68 Å². The highest BCUT2D eigenvalue weighted by Crippen LogP contribution is 2.23. The molecule has 4 aromatic rings. The molecule has 1 N–H and O–H groups in total. The molecule has 0 aliphatic heterocycles. The molecule has 2 aromatic carbocycles. The largest absolute Gasteiger partial charge is 0.497 e. The van der Waals surface area contributed by atoms with Crippen LogP contribution in [-0.4, -0.2) is 31.6 Å².